The van der Waals surface area contributed by atoms with Crippen LogP contribution in [0.2, 0.25) is 0 Å². The number of phenols is 1. The Bertz CT molecular complexity index is 560. The van der Waals surface area contributed by atoms with Crippen molar-refractivity contribution in [1.82, 2.24) is 4.90 Å². The maximum absolute atomic E-state index is 12.7. The number of amides is 1. The first kappa shape index (κ1) is 15.0. The molecule has 108 valence electrons. The molecule has 0 radical (unpaired) electrons. The molecule has 6 heteroatoms. The molecule has 1 unspecified atom stereocenters. The van der Waals surface area contributed by atoms with Gasteiger partial charge in [-0.1, -0.05) is 13.0 Å². The molecule has 0 bridgehead atoms. The first-order valence-electron chi connectivity index (χ1n) is 6.18. The summed E-state index contributed by atoms with van der Waals surface area (Å²) in [4.78, 5) is 13.2. The van der Waals surface area contributed by atoms with Crippen molar-refractivity contribution < 1.29 is 18.7 Å². The number of aromatic hydroxyl groups is 1. The van der Waals surface area contributed by atoms with E-state index in [9.17, 15) is 18.7 Å². The number of allylic oxidation sites excluding steroid dienone is 1. The summed E-state index contributed by atoms with van der Waals surface area (Å²) in [6, 6.07) is 4.54. The number of rotatable bonds is 3. The fourth-order valence-electron chi connectivity index (χ4n) is 2.18. The minimum absolute atomic E-state index is 0.0668. The molecular weight excluding hydrogens is 332 g/mol. The Labute approximate surface area is 124 Å². The van der Waals surface area contributed by atoms with Crippen LogP contribution in [0.1, 0.15) is 18.9 Å². The highest BCUT2D eigenvalue weighted by molar-refractivity contribution is 9.10. The second-order valence-electron chi connectivity index (χ2n) is 4.73. The quantitative estimate of drug-likeness (QED) is 0.908. The molecule has 1 aliphatic rings. The highest BCUT2D eigenvalue weighted by atomic mass is 79.9. The lowest BCUT2D eigenvalue weighted by molar-refractivity contribution is -0.133. The van der Waals surface area contributed by atoms with E-state index in [0.29, 0.717) is 22.2 Å². The second kappa shape index (κ2) is 5.91. The predicted octanol–water partition coefficient (Wildman–Crippen LogP) is 3.63. The Morgan fingerprint density at radius 2 is 2.20 bits per heavy atom. The van der Waals surface area contributed by atoms with E-state index in [1.54, 1.807) is 19.1 Å². The Morgan fingerprint density at radius 1 is 1.50 bits per heavy atom. The van der Waals surface area contributed by atoms with Gasteiger partial charge in [0.2, 0.25) is 5.91 Å². The molecule has 1 atom stereocenters. The lowest BCUT2D eigenvalue weighted by Crippen LogP contribution is -2.39. The molecule has 0 aromatic heterocycles. The first-order chi connectivity index (χ1) is 9.40. The van der Waals surface area contributed by atoms with Crippen molar-refractivity contribution in [2.24, 2.45) is 5.92 Å². The summed E-state index contributed by atoms with van der Waals surface area (Å²) in [5, 5.41) is 9.39. The van der Waals surface area contributed by atoms with Gasteiger partial charge in [0.05, 0.1) is 6.54 Å². The minimum Gasteiger partial charge on any atom is -0.508 e. The lowest BCUT2D eigenvalue weighted by Gasteiger charge is -2.32. The molecule has 2 rings (SSSR count). The summed E-state index contributed by atoms with van der Waals surface area (Å²) < 4.78 is 26.0. The van der Waals surface area contributed by atoms with Crippen molar-refractivity contribution in [3.05, 3.63) is 34.3 Å². The number of phenolic OH excluding ortho intramolecular Hbond substituents is 1. The van der Waals surface area contributed by atoms with Crippen LogP contribution in [0.25, 0.3) is 5.70 Å². The van der Waals surface area contributed by atoms with Crippen LogP contribution in [0.4, 0.5) is 8.78 Å². The van der Waals surface area contributed by atoms with Gasteiger partial charge in [0.1, 0.15) is 5.75 Å². The summed E-state index contributed by atoms with van der Waals surface area (Å²) in [6.07, 6.45) is -0.296. The highest BCUT2D eigenvalue weighted by Gasteiger charge is 2.30. The Morgan fingerprint density at radius 3 is 2.80 bits per heavy atom. The van der Waals surface area contributed by atoms with Crippen molar-refractivity contribution in [3.63, 3.8) is 0 Å². The first-order valence-corrected chi connectivity index (χ1v) is 6.98. The van der Waals surface area contributed by atoms with Gasteiger partial charge in [-0.2, -0.15) is 0 Å². The van der Waals surface area contributed by atoms with Crippen molar-refractivity contribution in [1.29, 1.82) is 0 Å². The standard InChI is InChI=1S/C14H14BrF2NO2/c1-8-2-5-12(18(14(8)20)7-13(16)17)10-4-3-9(19)6-11(10)15/h3-6,8,13,19H,2,7H2,1H3. The number of benzene rings is 1. The van der Waals surface area contributed by atoms with Gasteiger partial charge in [0, 0.05) is 21.7 Å². The smallest absolute Gasteiger partial charge is 0.256 e. The zero-order chi connectivity index (χ0) is 14.9. The van der Waals surface area contributed by atoms with Gasteiger partial charge in [-0.15, -0.1) is 0 Å². The molecule has 0 saturated carbocycles. The van der Waals surface area contributed by atoms with Crippen molar-refractivity contribution >= 4 is 27.5 Å². The van der Waals surface area contributed by atoms with Crippen LogP contribution in [0.5, 0.6) is 5.75 Å². The third kappa shape index (κ3) is 3.00. The fraction of sp³-hybridized carbons (Fsp3) is 0.357. The molecule has 20 heavy (non-hydrogen) atoms. The van der Waals surface area contributed by atoms with Gasteiger partial charge in [-0.3, -0.25) is 4.79 Å². The molecule has 0 spiro atoms. The number of hydrogen-bond acceptors (Lipinski definition) is 2. The van der Waals surface area contributed by atoms with Gasteiger partial charge in [0.15, 0.2) is 0 Å². The van der Waals surface area contributed by atoms with E-state index in [4.69, 9.17) is 0 Å². The van der Waals surface area contributed by atoms with E-state index in [1.165, 1.54) is 12.1 Å². The largest absolute Gasteiger partial charge is 0.508 e. The molecule has 0 saturated heterocycles. The predicted molar refractivity (Wildman–Crippen MR) is 75.3 cm³/mol. The number of alkyl halides is 2. The number of hydrogen-bond donors (Lipinski definition) is 1. The van der Waals surface area contributed by atoms with Crippen molar-refractivity contribution in [2.75, 3.05) is 6.54 Å². The molecule has 1 aliphatic heterocycles. The third-order valence-corrected chi connectivity index (χ3v) is 3.85. The molecule has 1 heterocycles. The van der Waals surface area contributed by atoms with Crippen LogP contribution in [0.15, 0.2) is 28.7 Å². The minimum atomic E-state index is -2.59. The summed E-state index contributed by atoms with van der Waals surface area (Å²) in [5.41, 5.74) is 1.07. The van der Waals surface area contributed by atoms with Crippen LogP contribution >= 0.6 is 15.9 Å². The fourth-order valence-corrected chi connectivity index (χ4v) is 2.75. The van der Waals surface area contributed by atoms with Gasteiger partial charge in [-0.05, 0) is 40.5 Å². The Balaban J connectivity index is 2.43. The van der Waals surface area contributed by atoms with Gasteiger partial charge in [-0.25, -0.2) is 8.78 Å². The van der Waals surface area contributed by atoms with E-state index in [0.717, 1.165) is 4.90 Å². The molecular formula is C14H14BrF2NO2. The molecule has 1 amide bonds. The summed E-state index contributed by atoms with van der Waals surface area (Å²) in [7, 11) is 0. The van der Waals surface area contributed by atoms with Gasteiger partial charge >= 0.3 is 0 Å². The third-order valence-electron chi connectivity index (χ3n) is 3.19. The zero-order valence-corrected chi connectivity index (χ0v) is 12.4. The Hall–Kier alpha value is -1.43. The van der Waals surface area contributed by atoms with Crippen LogP contribution in [-0.2, 0) is 4.79 Å². The van der Waals surface area contributed by atoms with Crippen LogP contribution in [-0.4, -0.2) is 28.9 Å². The van der Waals surface area contributed by atoms with E-state index >= 15 is 0 Å². The van der Waals surface area contributed by atoms with Crippen LogP contribution in [0, 0.1) is 5.92 Å². The molecule has 0 fully saturated rings. The molecule has 3 nitrogen and oxygen atoms in total. The van der Waals surface area contributed by atoms with Gasteiger partial charge < -0.3 is 10.0 Å². The maximum atomic E-state index is 12.7. The average Bonchev–Trinajstić information content (AvgIpc) is 2.36. The van der Waals surface area contributed by atoms with Crippen molar-refractivity contribution in [2.45, 2.75) is 19.8 Å². The van der Waals surface area contributed by atoms with Crippen molar-refractivity contribution in [3.8, 4) is 5.75 Å². The number of halogens is 3. The highest BCUT2D eigenvalue weighted by Crippen LogP contribution is 2.34. The summed E-state index contributed by atoms with van der Waals surface area (Å²) >= 11 is 3.29. The topological polar surface area (TPSA) is 40.5 Å². The van der Waals surface area contributed by atoms with Crippen LogP contribution < -0.4 is 0 Å². The number of nitrogens with zero attached hydrogens (tertiary/aromatic N) is 1. The number of carbonyl (C=O) groups is 1. The number of carbonyl (C=O) groups excluding carboxylic acids is 1. The van der Waals surface area contributed by atoms with E-state index in [1.807, 2.05) is 0 Å². The average molecular weight is 346 g/mol. The zero-order valence-electron chi connectivity index (χ0n) is 10.8. The molecule has 0 aliphatic carbocycles. The maximum Gasteiger partial charge on any atom is 0.256 e. The van der Waals surface area contributed by atoms with E-state index < -0.39 is 13.0 Å². The summed E-state index contributed by atoms with van der Waals surface area (Å²) in [6.45, 7) is 1.10. The second-order valence-corrected chi connectivity index (χ2v) is 5.58. The monoisotopic (exact) mass is 345 g/mol. The lowest BCUT2D eigenvalue weighted by atomic mass is 9.97. The Kier molecular flexibility index (Phi) is 4.42. The SMILES string of the molecule is CC1CC=C(c2ccc(O)cc2Br)N(CC(F)F)C1=O. The summed E-state index contributed by atoms with van der Waals surface area (Å²) in [5.74, 6) is -0.534. The van der Waals surface area contributed by atoms with E-state index in [2.05, 4.69) is 15.9 Å². The van der Waals surface area contributed by atoms with E-state index in [-0.39, 0.29) is 17.6 Å². The molecule has 1 N–H and O–H groups in total. The molecule has 1 aromatic carbocycles. The normalized spacial score (nSPS) is 19.4. The molecule has 1 aromatic rings. The van der Waals surface area contributed by atoms with Crippen LogP contribution in [0.3, 0.4) is 0 Å². The van der Waals surface area contributed by atoms with Gasteiger partial charge in [0.25, 0.3) is 6.43 Å².